The molecule has 0 aromatic heterocycles. The van der Waals surface area contributed by atoms with E-state index in [4.69, 9.17) is 4.74 Å². The van der Waals surface area contributed by atoms with Gasteiger partial charge in [-0.25, -0.2) is 4.79 Å². The van der Waals surface area contributed by atoms with Crippen molar-refractivity contribution in [2.45, 2.75) is 26.1 Å². The first kappa shape index (κ1) is 25.2. The number of ether oxygens (including phenoxy) is 1. The molecule has 0 fully saturated rings. The molecule has 0 aliphatic carbocycles. The summed E-state index contributed by atoms with van der Waals surface area (Å²) in [5, 5.41) is 7.26. The molecule has 1 amide bonds. The Balaban J connectivity index is 0.00000338. The lowest BCUT2D eigenvalue weighted by Gasteiger charge is -2.15. The van der Waals surface area contributed by atoms with Crippen molar-refractivity contribution in [3.05, 3.63) is 71.3 Å². The van der Waals surface area contributed by atoms with Crippen molar-refractivity contribution in [2.75, 3.05) is 20.1 Å². The van der Waals surface area contributed by atoms with Crippen LogP contribution in [0.1, 0.15) is 16.7 Å². The van der Waals surface area contributed by atoms with Crippen LogP contribution < -0.4 is 40.8 Å². The minimum absolute atomic E-state index is 0. The zero-order valence-electron chi connectivity index (χ0n) is 15.8. The van der Waals surface area contributed by atoms with Crippen LogP contribution in [0.5, 0.6) is 0 Å². The number of quaternary nitrogens is 2. The third-order valence-electron chi connectivity index (χ3n) is 3.97. The molecule has 0 saturated carbocycles. The molecule has 27 heavy (non-hydrogen) atoms. The number of hydrogen-bond acceptors (Lipinski definition) is 2. The molecule has 2 rings (SSSR count). The maximum Gasteiger partial charge on any atom is 0.408 e. The molecule has 150 valence electrons. The standard InChI is InChI=1S/C20H27N3O2.2ClH/c1-16-7-6-10-18(11-16)12-22-14-19(13-21-2)23-20(24)25-15-17-8-4-3-5-9-17;;/h3-11,19,21-22H,12-15H2,1-2H3,(H,23,24);2*1H/t19-;;/m1../s1. The van der Waals surface area contributed by atoms with Gasteiger partial charge in [-0.2, -0.15) is 0 Å². The van der Waals surface area contributed by atoms with Crippen LogP contribution in [0, 0.1) is 6.92 Å². The van der Waals surface area contributed by atoms with Gasteiger partial charge in [-0.1, -0.05) is 60.2 Å². The van der Waals surface area contributed by atoms with Gasteiger partial charge in [0.1, 0.15) is 32.3 Å². The lowest BCUT2D eigenvalue weighted by molar-refractivity contribution is -0.685. The number of nitrogens with one attached hydrogen (secondary N) is 1. The average Bonchev–Trinajstić information content (AvgIpc) is 2.61. The van der Waals surface area contributed by atoms with E-state index in [1.165, 1.54) is 11.1 Å². The van der Waals surface area contributed by atoms with Crippen molar-refractivity contribution in [2.24, 2.45) is 0 Å². The van der Waals surface area contributed by atoms with Gasteiger partial charge >= 0.3 is 6.09 Å². The summed E-state index contributed by atoms with van der Waals surface area (Å²) in [5.74, 6) is 0. The molecule has 1 atom stereocenters. The highest BCUT2D eigenvalue weighted by atomic mass is 35.5. The van der Waals surface area contributed by atoms with E-state index >= 15 is 0 Å². The number of carbonyl (C=O) groups is 1. The summed E-state index contributed by atoms with van der Waals surface area (Å²) in [6.07, 6.45) is -0.361. The molecule has 7 heteroatoms. The summed E-state index contributed by atoms with van der Waals surface area (Å²) in [7, 11) is 2.00. The lowest BCUT2D eigenvalue weighted by Crippen LogP contribution is -3.00. The Kier molecular flexibility index (Phi) is 13.3. The van der Waals surface area contributed by atoms with E-state index in [0.717, 1.165) is 25.2 Å². The first-order valence-corrected chi connectivity index (χ1v) is 8.79. The van der Waals surface area contributed by atoms with Gasteiger partial charge in [0.05, 0.1) is 7.05 Å². The van der Waals surface area contributed by atoms with Crippen molar-refractivity contribution in [3.8, 4) is 0 Å². The number of halogens is 2. The number of alkyl carbamates (subject to hydrolysis) is 1. The zero-order valence-corrected chi connectivity index (χ0v) is 17.3. The smallest absolute Gasteiger partial charge is 0.408 e. The predicted molar refractivity (Wildman–Crippen MR) is 97.9 cm³/mol. The highest BCUT2D eigenvalue weighted by molar-refractivity contribution is 5.67. The number of carbonyl (C=O) groups excluding carboxylic acids is 1. The summed E-state index contributed by atoms with van der Waals surface area (Å²) >= 11 is 0. The van der Waals surface area contributed by atoms with E-state index in [1.54, 1.807) is 0 Å². The van der Waals surface area contributed by atoms with Crippen molar-refractivity contribution >= 4 is 6.09 Å². The molecule has 0 radical (unpaired) electrons. The van der Waals surface area contributed by atoms with E-state index in [0.29, 0.717) is 6.61 Å². The molecule has 0 bridgehead atoms. The Bertz CT molecular complexity index is 657. The predicted octanol–water partition coefficient (Wildman–Crippen LogP) is -5.45. The van der Waals surface area contributed by atoms with Gasteiger partial charge < -0.3 is 45.5 Å². The van der Waals surface area contributed by atoms with Crippen molar-refractivity contribution in [1.29, 1.82) is 0 Å². The quantitative estimate of drug-likeness (QED) is 0.383. The second-order valence-corrected chi connectivity index (χ2v) is 6.26. The van der Waals surface area contributed by atoms with Gasteiger partial charge in [-0.15, -0.1) is 0 Å². The number of amides is 1. The fraction of sp³-hybridized carbons (Fsp3) is 0.350. The number of benzene rings is 2. The molecule has 0 heterocycles. The Hall–Kier alpha value is -1.79. The van der Waals surface area contributed by atoms with Crippen LogP contribution in [-0.4, -0.2) is 32.3 Å². The third kappa shape index (κ3) is 10.2. The minimum atomic E-state index is -0.361. The molecule has 5 nitrogen and oxygen atoms in total. The van der Waals surface area contributed by atoms with Crippen LogP contribution in [0.3, 0.4) is 0 Å². The highest BCUT2D eigenvalue weighted by Gasteiger charge is 2.16. The first-order valence-electron chi connectivity index (χ1n) is 8.79. The number of rotatable bonds is 9. The van der Waals surface area contributed by atoms with Crippen molar-refractivity contribution in [3.63, 3.8) is 0 Å². The molecule has 2 aromatic rings. The largest absolute Gasteiger partial charge is 1.00 e. The normalized spacial score (nSPS) is 10.9. The van der Waals surface area contributed by atoms with Gasteiger partial charge in [0.15, 0.2) is 0 Å². The maximum absolute atomic E-state index is 12.0. The van der Waals surface area contributed by atoms with Gasteiger partial charge in [0.2, 0.25) is 0 Å². The van der Waals surface area contributed by atoms with E-state index in [2.05, 4.69) is 47.1 Å². The molecule has 0 unspecified atom stereocenters. The average molecular weight is 414 g/mol. The van der Waals surface area contributed by atoms with Gasteiger partial charge in [-0.05, 0) is 12.5 Å². The molecule has 5 N–H and O–H groups in total. The topological polar surface area (TPSA) is 71.5 Å². The number of likely N-dealkylation sites (N-methyl/N-ethyl adjacent to an activating group) is 1. The Morgan fingerprint density at radius 3 is 2.41 bits per heavy atom. The number of aryl methyl sites for hydroxylation is 1. The van der Waals surface area contributed by atoms with Crippen LogP contribution in [-0.2, 0) is 17.9 Å². The molecule has 0 aliphatic rings. The molecule has 0 spiro atoms. The third-order valence-corrected chi connectivity index (χ3v) is 3.97. The summed E-state index contributed by atoms with van der Waals surface area (Å²) < 4.78 is 5.31. The first-order chi connectivity index (χ1) is 12.2. The molecule has 0 saturated heterocycles. The van der Waals surface area contributed by atoms with Crippen LogP contribution in [0.15, 0.2) is 54.6 Å². The summed E-state index contributed by atoms with van der Waals surface area (Å²) in [5.41, 5.74) is 3.56. The summed E-state index contributed by atoms with van der Waals surface area (Å²) in [4.78, 5) is 12.0. The Morgan fingerprint density at radius 1 is 1.04 bits per heavy atom. The second kappa shape index (κ2) is 14.3. The fourth-order valence-electron chi connectivity index (χ4n) is 2.72. The van der Waals surface area contributed by atoms with Gasteiger partial charge in [0.25, 0.3) is 0 Å². The highest BCUT2D eigenvalue weighted by Crippen LogP contribution is 2.02. The van der Waals surface area contributed by atoms with Crippen molar-refractivity contribution in [1.82, 2.24) is 5.32 Å². The zero-order chi connectivity index (χ0) is 17.9. The van der Waals surface area contributed by atoms with Crippen LogP contribution in [0.4, 0.5) is 4.79 Å². The van der Waals surface area contributed by atoms with Gasteiger partial charge in [0, 0.05) is 5.56 Å². The minimum Gasteiger partial charge on any atom is -1.00 e. The molecule has 2 aromatic carbocycles. The lowest BCUT2D eigenvalue weighted by atomic mass is 10.1. The summed E-state index contributed by atoms with van der Waals surface area (Å²) in [6.45, 7) is 4.94. The van der Waals surface area contributed by atoms with Crippen LogP contribution in [0.2, 0.25) is 0 Å². The van der Waals surface area contributed by atoms with E-state index in [1.807, 2.05) is 37.4 Å². The molecular weight excluding hydrogens is 385 g/mol. The van der Waals surface area contributed by atoms with Crippen LogP contribution >= 0.6 is 0 Å². The Labute approximate surface area is 174 Å². The summed E-state index contributed by atoms with van der Waals surface area (Å²) in [6, 6.07) is 18.3. The Morgan fingerprint density at radius 2 is 1.74 bits per heavy atom. The van der Waals surface area contributed by atoms with E-state index in [9.17, 15) is 4.79 Å². The SMILES string of the molecule is C[NH2+]C[C@H](C[NH2+]Cc1cccc(C)c1)NC(=O)OCc1ccccc1.[Cl-].[Cl-]. The monoisotopic (exact) mass is 413 g/mol. The molecular formula is C20H29Cl2N3O2. The number of hydrogen-bond donors (Lipinski definition) is 3. The number of nitrogens with two attached hydrogens (primary N) is 2. The maximum atomic E-state index is 12.0. The molecule has 0 aliphatic heterocycles. The van der Waals surface area contributed by atoms with Crippen molar-refractivity contribution < 1.29 is 45.0 Å². The van der Waals surface area contributed by atoms with Gasteiger partial charge in [-0.3, -0.25) is 0 Å². The second-order valence-electron chi connectivity index (χ2n) is 6.26. The fourth-order valence-corrected chi connectivity index (χ4v) is 2.72. The van der Waals surface area contributed by atoms with E-state index < -0.39 is 0 Å². The van der Waals surface area contributed by atoms with Crippen LogP contribution in [0.25, 0.3) is 0 Å². The van der Waals surface area contributed by atoms with E-state index in [-0.39, 0.29) is 36.9 Å².